The Hall–Kier alpha value is -0.294. The molecule has 0 aliphatic carbocycles. The predicted molar refractivity (Wildman–Crippen MR) is 160 cm³/mol. The van der Waals surface area contributed by atoms with Crippen molar-refractivity contribution in [2.45, 2.75) is 135 Å². The molecule has 0 saturated heterocycles. The van der Waals surface area contributed by atoms with Crippen molar-refractivity contribution in [1.29, 1.82) is 0 Å². The first-order valence-corrected chi connectivity index (χ1v) is 17.3. The molecule has 0 amide bonds. The molecule has 0 spiro atoms. The van der Waals surface area contributed by atoms with Crippen molar-refractivity contribution in [3.8, 4) is 0 Å². The van der Waals surface area contributed by atoms with Crippen LogP contribution in [0.3, 0.4) is 0 Å². The minimum atomic E-state index is -4.48. The molecule has 1 aromatic rings. The predicted octanol–water partition coefficient (Wildman–Crippen LogP) is 5.37. The molecule has 0 atom stereocenters. The number of hydrogen-bond donors (Lipinski definition) is 0. The molecule has 7 nitrogen and oxygen atoms in total. The molecule has 0 aliphatic rings. The second-order valence-corrected chi connectivity index (χ2v) is 12.3. The molecule has 0 radical (unpaired) electrons. The van der Waals surface area contributed by atoms with Gasteiger partial charge in [-0.05, 0) is 18.6 Å². The summed E-state index contributed by atoms with van der Waals surface area (Å²) in [6.07, 6.45) is 26.1. The molecule has 230 valence electrons. The Balaban J connectivity index is 0.0000160. The number of hydrogen-bond acceptors (Lipinski definition) is 7. The number of ether oxygens (including phenoxy) is 2. The zero-order valence-corrected chi connectivity index (χ0v) is 29.8. The van der Waals surface area contributed by atoms with Gasteiger partial charge in [0.1, 0.15) is 6.61 Å². The van der Waals surface area contributed by atoms with Crippen LogP contribution < -0.4 is 51.4 Å². The van der Waals surface area contributed by atoms with Gasteiger partial charge in [-0.15, -0.1) is 0 Å². The van der Waals surface area contributed by atoms with Crippen molar-refractivity contribution in [2.24, 2.45) is 0 Å². The van der Waals surface area contributed by atoms with E-state index in [9.17, 15) is 22.6 Å². The summed E-state index contributed by atoms with van der Waals surface area (Å²) >= 11 is 0. The second-order valence-electron chi connectivity index (χ2n) is 10.8. The summed E-state index contributed by atoms with van der Waals surface area (Å²) in [5.74, 6) is -2.30. The van der Waals surface area contributed by atoms with Crippen molar-refractivity contribution in [3.63, 3.8) is 0 Å². The first kappa shape index (κ1) is 40.7. The zero-order valence-electron chi connectivity index (χ0n) is 25.8. The monoisotopic (exact) mass is 620 g/mol. The van der Waals surface area contributed by atoms with E-state index in [-0.39, 0.29) is 69.1 Å². The van der Waals surface area contributed by atoms with E-state index in [1.165, 1.54) is 121 Å². The molecule has 0 heterocycles. The SMILES string of the molecule is CCCCCCCCCCCCCCCCCCCCCCOC(=O)c1ccccc1C(=O)OCCS(=O)(=O)[O-].[K+]. The fourth-order valence-corrected chi connectivity index (χ4v) is 5.04. The number of carbonyl (C=O) groups is 2. The Labute approximate surface area is 292 Å². The molecule has 41 heavy (non-hydrogen) atoms. The van der Waals surface area contributed by atoms with E-state index in [4.69, 9.17) is 9.47 Å². The van der Waals surface area contributed by atoms with Crippen LogP contribution >= 0.6 is 0 Å². The van der Waals surface area contributed by atoms with Gasteiger partial charge in [-0.3, -0.25) is 0 Å². The van der Waals surface area contributed by atoms with Gasteiger partial charge in [-0.25, -0.2) is 18.0 Å². The van der Waals surface area contributed by atoms with Crippen LogP contribution in [0.4, 0.5) is 0 Å². The summed E-state index contributed by atoms with van der Waals surface area (Å²) < 4.78 is 42.1. The van der Waals surface area contributed by atoms with Gasteiger partial charge in [0.25, 0.3) is 0 Å². The van der Waals surface area contributed by atoms with E-state index in [2.05, 4.69) is 6.92 Å². The standard InChI is InChI=1S/C32H54O7S.K/c1-2-3-4-5-6-7-8-9-10-11-12-13-14-15-16-17-18-19-20-23-26-38-31(33)29-24-21-22-25-30(29)32(34)39-27-28-40(35,36)37;/h21-22,24-25H,2-20,23,26-28H2,1H3,(H,35,36,37);/q;+1/p-1. The van der Waals surface area contributed by atoms with Crippen LogP contribution in [-0.2, 0) is 19.6 Å². The molecule has 0 N–H and O–H groups in total. The molecule has 0 fully saturated rings. The first-order chi connectivity index (χ1) is 19.3. The Kier molecular flexibility index (Phi) is 27.1. The first-order valence-electron chi connectivity index (χ1n) is 15.7. The molecule has 0 unspecified atom stereocenters. The quantitative estimate of drug-likeness (QED) is 0.0593. The van der Waals surface area contributed by atoms with Crippen molar-refractivity contribution >= 4 is 22.1 Å². The van der Waals surface area contributed by atoms with Crippen LogP contribution in [0.2, 0.25) is 0 Å². The molecular formula is C32H53KO7S. The summed E-state index contributed by atoms with van der Waals surface area (Å²) in [7, 11) is -4.48. The molecule has 9 heteroatoms. The van der Waals surface area contributed by atoms with E-state index < -0.39 is 34.4 Å². The normalized spacial score (nSPS) is 11.2. The molecule has 0 aromatic heterocycles. The third-order valence-electron chi connectivity index (χ3n) is 7.16. The van der Waals surface area contributed by atoms with Gasteiger partial charge in [-0.1, -0.05) is 141 Å². The molecular weight excluding hydrogens is 568 g/mol. The molecule has 0 aliphatic heterocycles. The van der Waals surface area contributed by atoms with Gasteiger partial charge in [0.05, 0.1) is 33.6 Å². The van der Waals surface area contributed by atoms with Gasteiger partial charge in [0.2, 0.25) is 0 Å². The van der Waals surface area contributed by atoms with Gasteiger partial charge in [0.15, 0.2) is 0 Å². The van der Waals surface area contributed by atoms with Crippen molar-refractivity contribution in [2.75, 3.05) is 19.0 Å². The van der Waals surface area contributed by atoms with E-state index in [0.717, 1.165) is 19.3 Å². The van der Waals surface area contributed by atoms with Crippen molar-refractivity contribution in [1.82, 2.24) is 0 Å². The molecule has 1 aromatic carbocycles. The van der Waals surface area contributed by atoms with Crippen LogP contribution in [0.1, 0.15) is 156 Å². The van der Waals surface area contributed by atoms with Crippen molar-refractivity contribution in [3.05, 3.63) is 35.4 Å². The van der Waals surface area contributed by atoms with Gasteiger partial charge in [0, 0.05) is 0 Å². The number of unbranched alkanes of at least 4 members (excludes halogenated alkanes) is 19. The van der Waals surface area contributed by atoms with E-state index in [0.29, 0.717) is 0 Å². The zero-order chi connectivity index (χ0) is 29.3. The van der Waals surface area contributed by atoms with Crippen LogP contribution in [0, 0.1) is 0 Å². The maximum atomic E-state index is 12.4. The number of rotatable bonds is 26. The molecule has 0 saturated carbocycles. The topological polar surface area (TPSA) is 110 Å². The number of carbonyl (C=O) groups excluding carboxylic acids is 2. The van der Waals surface area contributed by atoms with E-state index in [1.807, 2.05) is 0 Å². The maximum Gasteiger partial charge on any atom is 1.00 e. The summed E-state index contributed by atoms with van der Waals surface area (Å²) in [5, 5.41) is 0. The Morgan fingerprint density at radius 1 is 0.585 bits per heavy atom. The van der Waals surface area contributed by atoms with Gasteiger partial charge in [-0.2, -0.15) is 0 Å². The van der Waals surface area contributed by atoms with Crippen LogP contribution in [0.25, 0.3) is 0 Å². The van der Waals surface area contributed by atoms with E-state index in [1.54, 1.807) is 12.1 Å². The summed E-state index contributed by atoms with van der Waals surface area (Å²) in [6, 6.07) is 6.03. The Bertz CT molecular complexity index is 905. The fourth-order valence-electron chi connectivity index (χ4n) is 4.75. The summed E-state index contributed by atoms with van der Waals surface area (Å²) in [5.41, 5.74) is 0.0462. The van der Waals surface area contributed by atoms with E-state index >= 15 is 0 Å². The average Bonchev–Trinajstić information content (AvgIpc) is 2.93. The number of esters is 2. The third kappa shape index (κ3) is 23.8. The van der Waals surface area contributed by atoms with Crippen LogP contribution in [-0.4, -0.2) is 43.9 Å². The van der Waals surface area contributed by atoms with Crippen LogP contribution in [0.5, 0.6) is 0 Å². The molecule has 0 bridgehead atoms. The van der Waals surface area contributed by atoms with Crippen molar-refractivity contribution < 1.29 is 83.4 Å². The third-order valence-corrected chi connectivity index (χ3v) is 7.83. The average molecular weight is 621 g/mol. The Morgan fingerprint density at radius 3 is 1.24 bits per heavy atom. The minimum absolute atomic E-state index is 0. The van der Waals surface area contributed by atoms with Gasteiger partial charge >= 0.3 is 63.3 Å². The van der Waals surface area contributed by atoms with Gasteiger partial charge < -0.3 is 14.0 Å². The van der Waals surface area contributed by atoms with Crippen LogP contribution in [0.15, 0.2) is 24.3 Å². The second kappa shape index (κ2) is 27.3. The Morgan fingerprint density at radius 2 is 0.902 bits per heavy atom. The smallest absolute Gasteiger partial charge is 0.748 e. The maximum absolute atomic E-state index is 12.4. The molecule has 1 rings (SSSR count). The largest absolute Gasteiger partial charge is 1.00 e. The number of benzene rings is 1. The fraction of sp³-hybridized carbons (Fsp3) is 0.750. The summed E-state index contributed by atoms with van der Waals surface area (Å²) in [4.78, 5) is 24.6. The summed E-state index contributed by atoms with van der Waals surface area (Å²) in [6.45, 7) is 1.98. The minimum Gasteiger partial charge on any atom is -0.748 e.